The van der Waals surface area contributed by atoms with Crippen molar-refractivity contribution in [3.05, 3.63) is 65.2 Å². The summed E-state index contributed by atoms with van der Waals surface area (Å²) in [6.45, 7) is 1.14. The highest BCUT2D eigenvalue weighted by molar-refractivity contribution is 5.95. The Hall–Kier alpha value is -2.90. The normalized spacial score (nSPS) is 10.4. The summed E-state index contributed by atoms with van der Waals surface area (Å²) in [5.74, 6) is -6.61. The fourth-order valence-electron chi connectivity index (χ4n) is 2.19. The molecule has 0 aliphatic heterocycles. The lowest BCUT2D eigenvalue weighted by atomic mass is 10.2. The third-order valence-corrected chi connectivity index (χ3v) is 3.40. The van der Waals surface area contributed by atoms with Gasteiger partial charge in [0.25, 0.3) is 5.91 Å². The van der Waals surface area contributed by atoms with Crippen molar-refractivity contribution in [3.8, 4) is 0 Å². The second-order valence-corrected chi connectivity index (χ2v) is 5.13. The van der Waals surface area contributed by atoms with Crippen molar-refractivity contribution in [2.45, 2.75) is 6.92 Å². The van der Waals surface area contributed by atoms with Crippen molar-refractivity contribution >= 4 is 17.5 Å². The molecule has 0 aromatic heterocycles. The zero-order valence-corrected chi connectivity index (χ0v) is 13.2. The van der Waals surface area contributed by atoms with Gasteiger partial charge in [0, 0.05) is 25.7 Å². The highest BCUT2D eigenvalue weighted by Gasteiger charge is 2.19. The van der Waals surface area contributed by atoms with Crippen LogP contribution in [0.2, 0.25) is 0 Å². The fourth-order valence-corrected chi connectivity index (χ4v) is 2.19. The smallest absolute Gasteiger partial charge is 0.254 e. The highest BCUT2D eigenvalue weighted by atomic mass is 19.2. The first-order valence-electron chi connectivity index (χ1n) is 7.26. The molecule has 1 N–H and O–H groups in total. The van der Waals surface area contributed by atoms with Crippen molar-refractivity contribution < 1.29 is 27.2 Å². The maximum Gasteiger partial charge on any atom is 0.254 e. The minimum Gasteiger partial charge on any atom is -0.350 e. The van der Waals surface area contributed by atoms with E-state index in [2.05, 4.69) is 5.32 Å². The number of nitrogens with one attached hydrogen (secondary N) is 1. The molecule has 0 saturated heterocycles. The van der Waals surface area contributed by atoms with Crippen LogP contribution in [0, 0.1) is 23.3 Å². The molecule has 2 rings (SSSR count). The van der Waals surface area contributed by atoms with E-state index in [9.17, 15) is 27.2 Å². The molecule has 0 unspecified atom stereocenters. The molecule has 8 heteroatoms. The zero-order chi connectivity index (χ0) is 18.6. The second kappa shape index (κ2) is 7.78. The van der Waals surface area contributed by atoms with Gasteiger partial charge < -0.3 is 10.2 Å². The number of anilines is 1. The Morgan fingerprint density at radius 3 is 2.40 bits per heavy atom. The lowest BCUT2D eigenvalue weighted by molar-refractivity contribution is -0.116. The largest absolute Gasteiger partial charge is 0.350 e. The van der Waals surface area contributed by atoms with Gasteiger partial charge in [0.2, 0.25) is 5.91 Å². The monoisotopic (exact) mass is 354 g/mol. The molecule has 0 radical (unpaired) electrons. The highest BCUT2D eigenvalue weighted by Crippen LogP contribution is 2.16. The van der Waals surface area contributed by atoms with E-state index in [1.165, 1.54) is 30.0 Å². The minimum absolute atomic E-state index is 0.0180. The molecule has 0 spiro atoms. The van der Waals surface area contributed by atoms with E-state index < -0.39 is 34.7 Å². The molecule has 0 aliphatic carbocycles. The number of amides is 2. The molecule has 0 saturated carbocycles. The standard InChI is InChI=1S/C17H14F4N2O2/c1-10(24)23(12-4-2-3-11(18)9-12)8-7-22-17(25)13-5-6-14(19)16(21)15(13)20/h2-6,9H,7-8H2,1H3,(H,22,25). The topological polar surface area (TPSA) is 49.4 Å². The molecule has 0 aliphatic rings. The maximum atomic E-state index is 13.6. The van der Waals surface area contributed by atoms with E-state index in [-0.39, 0.29) is 19.0 Å². The predicted molar refractivity (Wildman–Crippen MR) is 83.1 cm³/mol. The van der Waals surface area contributed by atoms with Gasteiger partial charge in [-0.1, -0.05) is 6.07 Å². The summed E-state index contributed by atoms with van der Waals surface area (Å²) < 4.78 is 52.8. The number of hydrogen-bond donors (Lipinski definition) is 1. The van der Waals surface area contributed by atoms with E-state index >= 15 is 0 Å². The summed E-state index contributed by atoms with van der Waals surface area (Å²) in [7, 11) is 0. The van der Waals surface area contributed by atoms with Crippen LogP contribution < -0.4 is 10.2 Å². The number of benzene rings is 2. The number of rotatable bonds is 5. The van der Waals surface area contributed by atoms with Crippen LogP contribution in [0.3, 0.4) is 0 Å². The lowest BCUT2D eigenvalue weighted by Crippen LogP contribution is -2.37. The molecule has 25 heavy (non-hydrogen) atoms. The maximum absolute atomic E-state index is 13.6. The third-order valence-electron chi connectivity index (χ3n) is 3.40. The van der Waals surface area contributed by atoms with Crippen LogP contribution in [0.5, 0.6) is 0 Å². The van der Waals surface area contributed by atoms with Gasteiger partial charge >= 0.3 is 0 Å². The van der Waals surface area contributed by atoms with Crippen LogP contribution in [-0.2, 0) is 4.79 Å². The first kappa shape index (κ1) is 18.4. The number of hydrogen-bond acceptors (Lipinski definition) is 2. The zero-order valence-electron chi connectivity index (χ0n) is 13.2. The SMILES string of the molecule is CC(=O)N(CCNC(=O)c1ccc(F)c(F)c1F)c1cccc(F)c1. The van der Waals surface area contributed by atoms with Crippen LogP contribution in [0.25, 0.3) is 0 Å². The van der Waals surface area contributed by atoms with Crippen LogP contribution in [0.15, 0.2) is 36.4 Å². The van der Waals surface area contributed by atoms with Gasteiger partial charge in [0.15, 0.2) is 17.5 Å². The van der Waals surface area contributed by atoms with Gasteiger partial charge in [-0.3, -0.25) is 9.59 Å². The predicted octanol–water partition coefficient (Wildman–Crippen LogP) is 3.03. The van der Waals surface area contributed by atoms with E-state index in [1.54, 1.807) is 0 Å². The Balaban J connectivity index is 2.04. The van der Waals surface area contributed by atoms with E-state index in [1.807, 2.05) is 0 Å². The van der Waals surface area contributed by atoms with Crippen molar-refractivity contribution in [1.29, 1.82) is 0 Å². The van der Waals surface area contributed by atoms with Gasteiger partial charge in [-0.05, 0) is 30.3 Å². The van der Waals surface area contributed by atoms with Crippen molar-refractivity contribution in [2.24, 2.45) is 0 Å². The van der Waals surface area contributed by atoms with Gasteiger partial charge in [-0.2, -0.15) is 0 Å². The summed E-state index contributed by atoms with van der Waals surface area (Å²) in [4.78, 5) is 24.8. The summed E-state index contributed by atoms with van der Waals surface area (Å²) in [5.41, 5.74) is -0.361. The summed E-state index contributed by atoms with van der Waals surface area (Å²) in [6, 6.07) is 6.77. The van der Waals surface area contributed by atoms with Gasteiger partial charge in [-0.15, -0.1) is 0 Å². The van der Waals surface area contributed by atoms with Crippen molar-refractivity contribution in [3.63, 3.8) is 0 Å². The Morgan fingerprint density at radius 1 is 1.04 bits per heavy atom. The molecular formula is C17H14F4N2O2. The Morgan fingerprint density at radius 2 is 1.76 bits per heavy atom. The first-order valence-corrected chi connectivity index (χ1v) is 7.26. The summed E-state index contributed by atoms with van der Waals surface area (Å²) in [6.07, 6.45) is 0. The van der Waals surface area contributed by atoms with E-state index in [0.717, 1.165) is 12.1 Å². The van der Waals surface area contributed by atoms with Gasteiger partial charge in [0.05, 0.1) is 5.56 Å². The van der Waals surface area contributed by atoms with Crippen LogP contribution in [0.1, 0.15) is 17.3 Å². The molecule has 0 heterocycles. The Bertz CT molecular complexity index is 811. The number of carbonyl (C=O) groups excluding carboxylic acids is 2. The molecule has 4 nitrogen and oxygen atoms in total. The first-order chi connectivity index (χ1) is 11.8. The number of halogens is 4. The molecule has 2 aromatic carbocycles. The van der Waals surface area contributed by atoms with Crippen LogP contribution in [-0.4, -0.2) is 24.9 Å². The Kier molecular flexibility index (Phi) is 5.74. The van der Waals surface area contributed by atoms with Crippen LogP contribution in [0.4, 0.5) is 23.2 Å². The minimum atomic E-state index is -1.74. The molecule has 2 aromatic rings. The average molecular weight is 354 g/mol. The average Bonchev–Trinajstić information content (AvgIpc) is 2.56. The second-order valence-electron chi connectivity index (χ2n) is 5.13. The fraction of sp³-hybridized carbons (Fsp3) is 0.176. The number of carbonyl (C=O) groups is 2. The molecule has 0 atom stereocenters. The van der Waals surface area contributed by atoms with E-state index in [4.69, 9.17) is 0 Å². The van der Waals surface area contributed by atoms with E-state index in [0.29, 0.717) is 11.8 Å². The lowest BCUT2D eigenvalue weighted by Gasteiger charge is -2.21. The van der Waals surface area contributed by atoms with Crippen molar-refractivity contribution in [2.75, 3.05) is 18.0 Å². The Labute approximate surface area is 141 Å². The molecule has 132 valence electrons. The molecule has 0 bridgehead atoms. The van der Waals surface area contributed by atoms with Crippen molar-refractivity contribution in [1.82, 2.24) is 5.32 Å². The van der Waals surface area contributed by atoms with Crippen LogP contribution >= 0.6 is 0 Å². The van der Waals surface area contributed by atoms with Gasteiger partial charge in [0.1, 0.15) is 5.82 Å². The summed E-state index contributed by atoms with van der Waals surface area (Å²) >= 11 is 0. The summed E-state index contributed by atoms with van der Waals surface area (Å²) in [5, 5.41) is 2.30. The van der Waals surface area contributed by atoms with Gasteiger partial charge in [-0.25, -0.2) is 17.6 Å². The number of nitrogens with zero attached hydrogens (tertiary/aromatic N) is 1. The molecule has 0 fully saturated rings. The quantitative estimate of drug-likeness (QED) is 0.663. The molecular weight excluding hydrogens is 340 g/mol. The molecule has 2 amide bonds. The third kappa shape index (κ3) is 4.34.